The van der Waals surface area contributed by atoms with Gasteiger partial charge in [0.05, 0.1) is 10.6 Å². The van der Waals surface area contributed by atoms with E-state index in [1.54, 1.807) is 61.5 Å². The van der Waals surface area contributed by atoms with E-state index >= 15 is 0 Å². The highest BCUT2D eigenvalue weighted by molar-refractivity contribution is 7.92. The first-order valence-corrected chi connectivity index (χ1v) is 14.6. The lowest BCUT2D eigenvalue weighted by molar-refractivity contribution is -0.139. The molecule has 1 saturated carbocycles. The van der Waals surface area contributed by atoms with E-state index in [1.165, 1.54) is 4.90 Å². The SMILES string of the molecule is CC(C(=O)NC1CCCC1)N(Cc1ccccc1Cl)C(=O)CN(c1ccccc1)S(=O)(=O)c1ccc(F)cc1. The van der Waals surface area contributed by atoms with Crippen molar-refractivity contribution in [3.63, 3.8) is 0 Å². The fourth-order valence-electron chi connectivity index (χ4n) is 4.64. The minimum absolute atomic E-state index is 0.0109. The number of anilines is 1. The standard InChI is InChI=1S/C29H31ClFN3O4S/c1-21(29(36)32-24-10-6-7-11-24)33(19-22-9-5-8-14-27(22)30)28(35)20-34(25-12-3-2-4-13-25)39(37,38)26-17-15-23(31)16-18-26/h2-5,8-9,12-18,21,24H,6-7,10-11,19-20H2,1H3,(H,32,36). The maximum absolute atomic E-state index is 13.9. The highest BCUT2D eigenvalue weighted by Crippen LogP contribution is 2.26. The van der Waals surface area contributed by atoms with Crippen molar-refractivity contribution >= 4 is 39.1 Å². The summed E-state index contributed by atoms with van der Waals surface area (Å²) < 4.78 is 41.9. The van der Waals surface area contributed by atoms with Crippen molar-refractivity contribution < 1.29 is 22.4 Å². The summed E-state index contributed by atoms with van der Waals surface area (Å²) in [6.45, 7) is 1.06. The number of sulfonamides is 1. The van der Waals surface area contributed by atoms with Gasteiger partial charge in [0.25, 0.3) is 10.0 Å². The molecule has 0 bridgehead atoms. The van der Waals surface area contributed by atoms with Crippen LogP contribution in [0.1, 0.15) is 38.2 Å². The normalized spacial score (nSPS) is 14.5. The molecule has 206 valence electrons. The number of hydrogen-bond acceptors (Lipinski definition) is 4. The molecule has 39 heavy (non-hydrogen) atoms. The molecule has 1 atom stereocenters. The van der Waals surface area contributed by atoms with Gasteiger partial charge in [0.2, 0.25) is 11.8 Å². The summed E-state index contributed by atoms with van der Waals surface area (Å²) in [5, 5.41) is 3.46. The van der Waals surface area contributed by atoms with E-state index in [9.17, 15) is 22.4 Å². The van der Waals surface area contributed by atoms with Gasteiger partial charge in [-0.1, -0.05) is 60.8 Å². The molecule has 3 aromatic rings. The average molecular weight is 572 g/mol. The first kappa shape index (κ1) is 28.6. The molecule has 1 N–H and O–H groups in total. The molecule has 0 saturated heterocycles. The van der Waals surface area contributed by atoms with E-state index in [0.29, 0.717) is 10.6 Å². The van der Waals surface area contributed by atoms with Crippen LogP contribution in [0.4, 0.5) is 10.1 Å². The van der Waals surface area contributed by atoms with Crippen LogP contribution in [-0.2, 0) is 26.2 Å². The van der Waals surface area contributed by atoms with Crippen molar-refractivity contribution in [2.75, 3.05) is 10.8 Å². The number of nitrogens with one attached hydrogen (secondary N) is 1. The lowest BCUT2D eigenvalue weighted by Gasteiger charge is -2.32. The highest BCUT2D eigenvalue weighted by Gasteiger charge is 2.33. The van der Waals surface area contributed by atoms with Gasteiger partial charge >= 0.3 is 0 Å². The van der Waals surface area contributed by atoms with Crippen LogP contribution in [0.3, 0.4) is 0 Å². The zero-order valence-corrected chi connectivity index (χ0v) is 23.2. The third kappa shape index (κ3) is 6.96. The Balaban J connectivity index is 1.67. The van der Waals surface area contributed by atoms with Gasteiger partial charge in [0, 0.05) is 17.6 Å². The molecule has 1 unspecified atom stereocenters. The van der Waals surface area contributed by atoms with Crippen LogP contribution >= 0.6 is 11.6 Å². The topological polar surface area (TPSA) is 86.8 Å². The van der Waals surface area contributed by atoms with Gasteiger partial charge in [-0.15, -0.1) is 0 Å². The fourth-order valence-corrected chi connectivity index (χ4v) is 6.25. The second-order valence-electron chi connectivity index (χ2n) is 9.58. The molecule has 1 aliphatic carbocycles. The first-order valence-electron chi connectivity index (χ1n) is 12.8. The van der Waals surface area contributed by atoms with Crippen LogP contribution in [0.15, 0.2) is 83.8 Å². The number of halogens is 2. The molecule has 0 aromatic heterocycles. The predicted molar refractivity (Wildman–Crippen MR) is 149 cm³/mol. The molecule has 10 heteroatoms. The van der Waals surface area contributed by atoms with Crippen molar-refractivity contribution in [1.29, 1.82) is 0 Å². The lowest BCUT2D eigenvalue weighted by atomic mass is 10.1. The monoisotopic (exact) mass is 571 g/mol. The van der Waals surface area contributed by atoms with Crippen molar-refractivity contribution in [3.8, 4) is 0 Å². The molecular weight excluding hydrogens is 541 g/mol. The molecule has 1 aliphatic rings. The van der Waals surface area contributed by atoms with Gasteiger partial charge in [0.1, 0.15) is 18.4 Å². The Labute approximate surface area is 233 Å². The van der Waals surface area contributed by atoms with Crippen LogP contribution in [-0.4, -0.2) is 43.8 Å². The maximum Gasteiger partial charge on any atom is 0.264 e. The largest absolute Gasteiger partial charge is 0.352 e. The Morgan fingerprint density at radius 2 is 1.59 bits per heavy atom. The van der Waals surface area contributed by atoms with Crippen molar-refractivity contribution in [2.24, 2.45) is 0 Å². The highest BCUT2D eigenvalue weighted by atomic mass is 35.5. The van der Waals surface area contributed by atoms with Crippen LogP contribution < -0.4 is 9.62 Å². The lowest BCUT2D eigenvalue weighted by Crippen LogP contribution is -2.52. The molecule has 3 aromatic carbocycles. The van der Waals surface area contributed by atoms with E-state index < -0.39 is 34.3 Å². The summed E-state index contributed by atoms with van der Waals surface area (Å²) in [4.78, 5) is 28.3. The zero-order chi connectivity index (χ0) is 28.0. The molecule has 4 rings (SSSR count). The second-order valence-corrected chi connectivity index (χ2v) is 11.8. The summed E-state index contributed by atoms with van der Waals surface area (Å²) in [7, 11) is -4.25. The third-order valence-corrected chi connectivity index (χ3v) is 9.05. The van der Waals surface area contributed by atoms with Gasteiger partial charge in [-0.05, 0) is 67.8 Å². The van der Waals surface area contributed by atoms with Crippen molar-refractivity contribution in [1.82, 2.24) is 10.2 Å². The van der Waals surface area contributed by atoms with Gasteiger partial charge < -0.3 is 10.2 Å². The number of benzene rings is 3. The zero-order valence-electron chi connectivity index (χ0n) is 21.6. The number of carbonyl (C=O) groups excluding carboxylic acids is 2. The minimum atomic E-state index is -4.25. The average Bonchev–Trinajstić information content (AvgIpc) is 3.44. The number of rotatable bonds is 10. The van der Waals surface area contributed by atoms with E-state index in [1.807, 2.05) is 0 Å². The molecule has 0 radical (unpaired) electrons. The van der Waals surface area contributed by atoms with Crippen LogP contribution in [0.5, 0.6) is 0 Å². The molecule has 0 spiro atoms. The number of hydrogen-bond donors (Lipinski definition) is 1. The Morgan fingerprint density at radius 1 is 0.974 bits per heavy atom. The summed E-state index contributed by atoms with van der Waals surface area (Å²) in [6.07, 6.45) is 3.84. The Kier molecular flexibility index (Phi) is 9.24. The van der Waals surface area contributed by atoms with E-state index in [4.69, 9.17) is 11.6 Å². The molecule has 1 fully saturated rings. The number of nitrogens with zero attached hydrogens (tertiary/aromatic N) is 2. The second kappa shape index (κ2) is 12.6. The minimum Gasteiger partial charge on any atom is -0.352 e. The molecular formula is C29H31ClFN3O4S. The molecule has 2 amide bonds. The van der Waals surface area contributed by atoms with Gasteiger partial charge in [0.15, 0.2) is 0 Å². The van der Waals surface area contributed by atoms with Crippen LogP contribution in [0.25, 0.3) is 0 Å². The number of para-hydroxylation sites is 1. The van der Waals surface area contributed by atoms with E-state index in [-0.39, 0.29) is 29.1 Å². The third-order valence-electron chi connectivity index (χ3n) is 6.89. The van der Waals surface area contributed by atoms with Crippen molar-refractivity contribution in [3.05, 3.63) is 95.3 Å². The van der Waals surface area contributed by atoms with Gasteiger partial charge in [-0.25, -0.2) is 12.8 Å². The van der Waals surface area contributed by atoms with Gasteiger partial charge in [-0.3, -0.25) is 13.9 Å². The predicted octanol–water partition coefficient (Wildman–Crippen LogP) is 5.15. The summed E-state index contributed by atoms with van der Waals surface area (Å²) >= 11 is 6.39. The molecule has 0 aliphatic heterocycles. The van der Waals surface area contributed by atoms with Crippen molar-refractivity contribution in [2.45, 2.75) is 56.1 Å². The summed E-state index contributed by atoms with van der Waals surface area (Å²) in [5.74, 6) is -1.47. The van der Waals surface area contributed by atoms with E-state index in [0.717, 1.165) is 54.3 Å². The van der Waals surface area contributed by atoms with E-state index in [2.05, 4.69) is 5.32 Å². The molecule has 7 nitrogen and oxygen atoms in total. The number of amides is 2. The Morgan fingerprint density at radius 3 is 2.23 bits per heavy atom. The van der Waals surface area contributed by atoms with Crippen LogP contribution in [0, 0.1) is 5.82 Å². The first-order chi connectivity index (χ1) is 18.7. The summed E-state index contributed by atoms with van der Waals surface area (Å²) in [6, 6.07) is 18.8. The smallest absolute Gasteiger partial charge is 0.264 e. The molecule has 0 heterocycles. The van der Waals surface area contributed by atoms with Gasteiger partial charge in [-0.2, -0.15) is 0 Å². The quantitative estimate of drug-likeness (QED) is 0.365. The van der Waals surface area contributed by atoms with Crippen LogP contribution in [0.2, 0.25) is 5.02 Å². The fraction of sp³-hybridized carbons (Fsp3) is 0.310. The summed E-state index contributed by atoms with van der Waals surface area (Å²) in [5.41, 5.74) is 0.886. The maximum atomic E-state index is 13.9. The Hall–Kier alpha value is -3.43. The Bertz CT molecular complexity index is 1400. The number of carbonyl (C=O) groups is 2.